The summed E-state index contributed by atoms with van der Waals surface area (Å²) in [5.41, 5.74) is -0.0710. The molecule has 0 aromatic carbocycles. The van der Waals surface area contributed by atoms with Crippen LogP contribution in [-0.4, -0.2) is 11.9 Å². The molecule has 0 spiro atoms. The second-order valence-electron chi connectivity index (χ2n) is 6.93. The maximum atomic E-state index is 12.6. The molecular formula is C15H22N2O. The third-order valence-electron chi connectivity index (χ3n) is 5.29. The zero-order valence-corrected chi connectivity index (χ0v) is 11.1. The molecule has 4 aliphatic carbocycles. The van der Waals surface area contributed by atoms with Crippen LogP contribution in [0.5, 0.6) is 0 Å². The predicted octanol–water partition coefficient (Wildman–Crippen LogP) is 2.62. The number of nitrogens with zero attached hydrogens (tertiary/aromatic N) is 1. The summed E-state index contributed by atoms with van der Waals surface area (Å²) < 4.78 is 0. The normalized spacial score (nSPS) is 42.3. The van der Waals surface area contributed by atoms with Crippen LogP contribution in [-0.2, 0) is 4.79 Å². The molecule has 98 valence electrons. The lowest BCUT2D eigenvalue weighted by Crippen LogP contribution is -2.54. The van der Waals surface area contributed by atoms with Crippen LogP contribution in [0, 0.1) is 34.5 Å². The molecule has 1 unspecified atom stereocenters. The predicted molar refractivity (Wildman–Crippen MR) is 68.4 cm³/mol. The van der Waals surface area contributed by atoms with Crippen LogP contribution in [0.25, 0.3) is 0 Å². The molecule has 1 N–H and O–H groups in total. The number of carbonyl (C=O) groups excluding carboxylic acids is 1. The first-order valence-corrected chi connectivity index (χ1v) is 7.29. The van der Waals surface area contributed by atoms with Crippen molar-refractivity contribution in [2.45, 2.75) is 57.9 Å². The molecule has 0 aliphatic heterocycles. The Kier molecular flexibility index (Phi) is 2.84. The molecule has 3 heteroatoms. The number of carbonyl (C=O) groups is 1. The maximum absolute atomic E-state index is 12.6. The van der Waals surface area contributed by atoms with Crippen LogP contribution >= 0.6 is 0 Å². The Morgan fingerprint density at radius 1 is 1.28 bits per heavy atom. The molecule has 3 nitrogen and oxygen atoms in total. The van der Waals surface area contributed by atoms with E-state index in [1.54, 1.807) is 0 Å². The summed E-state index contributed by atoms with van der Waals surface area (Å²) in [4.78, 5) is 12.6. The lowest BCUT2D eigenvalue weighted by Gasteiger charge is -2.55. The number of rotatable bonds is 3. The molecule has 4 fully saturated rings. The molecule has 0 radical (unpaired) electrons. The van der Waals surface area contributed by atoms with Crippen LogP contribution in [0.1, 0.15) is 51.9 Å². The van der Waals surface area contributed by atoms with Gasteiger partial charge in [0.1, 0.15) is 0 Å². The molecule has 1 atom stereocenters. The molecule has 0 heterocycles. The van der Waals surface area contributed by atoms with Gasteiger partial charge in [0.05, 0.1) is 12.5 Å². The van der Waals surface area contributed by atoms with Gasteiger partial charge in [-0.25, -0.2) is 0 Å². The second-order valence-corrected chi connectivity index (χ2v) is 6.93. The molecule has 4 rings (SSSR count). The van der Waals surface area contributed by atoms with E-state index in [2.05, 4.69) is 11.4 Å². The molecular weight excluding hydrogens is 224 g/mol. The van der Waals surface area contributed by atoms with Gasteiger partial charge in [0.25, 0.3) is 0 Å². The highest BCUT2D eigenvalue weighted by Crippen LogP contribution is 2.60. The molecule has 4 saturated carbocycles. The minimum Gasteiger partial charge on any atom is -0.352 e. The van der Waals surface area contributed by atoms with Crippen molar-refractivity contribution < 1.29 is 4.79 Å². The van der Waals surface area contributed by atoms with Crippen LogP contribution in [0.2, 0.25) is 0 Å². The van der Waals surface area contributed by atoms with Gasteiger partial charge in [-0.3, -0.25) is 4.79 Å². The van der Waals surface area contributed by atoms with Crippen LogP contribution in [0.4, 0.5) is 0 Å². The summed E-state index contributed by atoms with van der Waals surface area (Å²) in [6, 6.07) is 2.13. The zero-order chi connectivity index (χ0) is 12.8. The fourth-order valence-corrected chi connectivity index (χ4v) is 4.95. The Morgan fingerprint density at radius 3 is 2.22 bits per heavy atom. The number of nitrogens with one attached hydrogen (secondary N) is 1. The van der Waals surface area contributed by atoms with Gasteiger partial charge in [0.15, 0.2) is 0 Å². The van der Waals surface area contributed by atoms with Gasteiger partial charge < -0.3 is 5.32 Å². The summed E-state index contributed by atoms with van der Waals surface area (Å²) in [6.07, 6.45) is 7.80. The minimum atomic E-state index is -0.0710. The molecule has 1 amide bonds. The van der Waals surface area contributed by atoms with E-state index in [1.807, 2.05) is 6.92 Å². The summed E-state index contributed by atoms with van der Waals surface area (Å²) in [5, 5.41) is 11.8. The van der Waals surface area contributed by atoms with E-state index in [1.165, 1.54) is 19.3 Å². The maximum Gasteiger partial charge on any atom is 0.226 e. The van der Waals surface area contributed by atoms with Crippen molar-refractivity contribution in [1.29, 1.82) is 5.26 Å². The summed E-state index contributed by atoms with van der Waals surface area (Å²) in [7, 11) is 0. The highest BCUT2D eigenvalue weighted by atomic mass is 16.2. The van der Waals surface area contributed by atoms with E-state index in [4.69, 9.17) is 5.26 Å². The quantitative estimate of drug-likeness (QED) is 0.832. The Hall–Kier alpha value is -1.04. The molecule has 18 heavy (non-hydrogen) atoms. The van der Waals surface area contributed by atoms with Crippen molar-refractivity contribution in [3.63, 3.8) is 0 Å². The highest BCUT2D eigenvalue weighted by Gasteiger charge is 2.54. The second kappa shape index (κ2) is 4.26. The largest absolute Gasteiger partial charge is 0.352 e. The van der Waals surface area contributed by atoms with Gasteiger partial charge in [-0.1, -0.05) is 0 Å². The molecule has 0 saturated heterocycles. The van der Waals surface area contributed by atoms with E-state index >= 15 is 0 Å². The first kappa shape index (κ1) is 12.0. The summed E-state index contributed by atoms with van der Waals surface area (Å²) >= 11 is 0. The van der Waals surface area contributed by atoms with Crippen molar-refractivity contribution in [3.05, 3.63) is 0 Å². The van der Waals surface area contributed by atoms with E-state index in [9.17, 15) is 4.79 Å². The molecule has 4 bridgehead atoms. The third kappa shape index (κ3) is 1.92. The number of nitriles is 1. The van der Waals surface area contributed by atoms with Crippen LogP contribution in [0.15, 0.2) is 0 Å². The average Bonchev–Trinajstić information content (AvgIpc) is 2.27. The Morgan fingerprint density at radius 2 is 1.78 bits per heavy atom. The fourth-order valence-electron chi connectivity index (χ4n) is 4.95. The average molecular weight is 246 g/mol. The summed E-state index contributed by atoms with van der Waals surface area (Å²) in [6.45, 7) is 1.93. The van der Waals surface area contributed by atoms with Gasteiger partial charge in [0.2, 0.25) is 5.91 Å². The van der Waals surface area contributed by atoms with Gasteiger partial charge >= 0.3 is 0 Å². The standard InChI is InChI=1S/C15H22N2O/c1-10(2-3-16)17-14(18)15-7-11-4-12(8-15)6-13(5-11)9-15/h10-13H,2,4-9H2,1H3,(H,17,18). The van der Waals surface area contributed by atoms with Crippen LogP contribution < -0.4 is 5.32 Å². The van der Waals surface area contributed by atoms with E-state index < -0.39 is 0 Å². The first-order valence-electron chi connectivity index (χ1n) is 7.29. The van der Waals surface area contributed by atoms with Crippen molar-refractivity contribution in [2.24, 2.45) is 23.2 Å². The summed E-state index contributed by atoms with van der Waals surface area (Å²) in [5.74, 6) is 2.64. The number of hydrogen-bond acceptors (Lipinski definition) is 2. The molecule has 4 aliphatic rings. The van der Waals surface area contributed by atoms with Crippen molar-refractivity contribution in [2.75, 3.05) is 0 Å². The van der Waals surface area contributed by atoms with Gasteiger partial charge in [-0.05, 0) is 63.2 Å². The van der Waals surface area contributed by atoms with Crippen molar-refractivity contribution in [3.8, 4) is 6.07 Å². The first-order chi connectivity index (χ1) is 8.61. The Balaban J connectivity index is 1.71. The SMILES string of the molecule is CC(CC#N)NC(=O)C12CC3CC(CC(C3)C1)C2. The monoisotopic (exact) mass is 246 g/mol. The van der Waals surface area contributed by atoms with Gasteiger partial charge in [-0.2, -0.15) is 5.26 Å². The van der Waals surface area contributed by atoms with Gasteiger partial charge in [-0.15, -0.1) is 0 Å². The molecule has 0 aromatic heterocycles. The Bertz CT molecular complexity index is 361. The Labute approximate surface area is 109 Å². The van der Waals surface area contributed by atoms with Gasteiger partial charge in [0, 0.05) is 11.5 Å². The van der Waals surface area contributed by atoms with E-state index in [0.29, 0.717) is 6.42 Å². The third-order valence-corrected chi connectivity index (χ3v) is 5.29. The van der Waals surface area contributed by atoms with Crippen molar-refractivity contribution in [1.82, 2.24) is 5.32 Å². The lowest BCUT2D eigenvalue weighted by atomic mass is 9.49. The topological polar surface area (TPSA) is 52.9 Å². The van der Waals surface area contributed by atoms with Crippen molar-refractivity contribution >= 4 is 5.91 Å². The number of amides is 1. The smallest absolute Gasteiger partial charge is 0.226 e. The highest BCUT2D eigenvalue weighted by molar-refractivity contribution is 5.83. The van der Waals surface area contributed by atoms with E-state index in [0.717, 1.165) is 37.0 Å². The lowest BCUT2D eigenvalue weighted by molar-refractivity contribution is -0.146. The number of hydrogen-bond donors (Lipinski definition) is 1. The van der Waals surface area contributed by atoms with E-state index in [-0.39, 0.29) is 17.4 Å². The van der Waals surface area contributed by atoms with Crippen LogP contribution in [0.3, 0.4) is 0 Å². The fraction of sp³-hybridized carbons (Fsp3) is 0.867. The zero-order valence-electron chi connectivity index (χ0n) is 11.1. The minimum absolute atomic E-state index is 0.00416. The molecule has 0 aromatic rings.